The Morgan fingerprint density at radius 3 is 2.83 bits per heavy atom. The maximum absolute atomic E-state index is 5.89. The second kappa shape index (κ2) is 8.72. The topological polar surface area (TPSA) is 75.6 Å². The highest BCUT2D eigenvalue weighted by Crippen LogP contribution is 2.23. The molecule has 128 valence electrons. The van der Waals surface area contributed by atoms with E-state index in [9.17, 15) is 0 Å². The highest BCUT2D eigenvalue weighted by molar-refractivity contribution is 14.0. The van der Waals surface area contributed by atoms with E-state index in [2.05, 4.69) is 20.8 Å². The lowest BCUT2D eigenvalue weighted by Gasteiger charge is -2.15. The molecule has 0 amide bonds. The Kier molecular flexibility index (Phi) is 6.65. The third kappa shape index (κ3) is 4.50. The summed E-state index contributed by atoms with van der Waals surface area (Å²) in [6, 6.07) is 11.8. The Labute approximate surface area is 157 Å². The number of guanidine groups is 1. The van der Waals surface area contributed by atoms with Crippen molar-refractivity contribution >= 4 is 40.9 Å². The first-order valence-electron chi connectivity index (χ1n) is 7.69. The van der Waals surface area contributed by atoms with Crippen LogP contribution in [0.25, 0.3) is 11.0 Å². The van der Waals surface area contributed by atoms with E-state index >= 15 is 0 Å². The number of hydrogen-bond donors (Lipinski definition) is 2. The van der Waals surface area contributed by atoms with Crippen molar-refractivity contribution < 1.29 is 8.94 Å². The van der Waals surface area contributed by atoms with E-state index < -0.39 is 0 Å². The minimum absolute atomic E-state index is 0. The number of hydrogen-bond acceptors (Lipinski definition) is 4. The van der Waals surface area contributed by atoms with E-state index in [0.29, 0.717) is 12.5 Å². The predicted molar refractivity (Wildman–Crippen MR) is 104 cm³/mol. The number of benzene rings is 1. The molecule has 0 bridgehead atoms. The van der Waals surface area contributed by atoms with Gasteiger partial charge >= 0.3 is 0 Å². The van der Waals surface area contributed by atoms with E-state index in [1.165, 1.54) is 0 Å². The molecule has 1 aromatic carbocycles. The first-order valence-corrected chi connectivity index (χ1v) is 7.69. The van der Waals surface area contributed by atoms with E-state index in [-0.39, 0.29) is 30.0 Å². The second-order valence-corrected chi connectivity index (χ2v) is 5.24. The van der Waals surface area contributed by atoms with Crippen molar-refractivity contribution in [1.29, 1.82) is 0 Å². The Morgan fingerprint density at radius 1 is 1.29 bits per heavy atom. The number of fused-ring (bicyclic) bond motifs is 1. The van der Waals surface area contributed by atoms with Gasteiger partial charge in [-0.05, 0) is 26.0 Å². The highest BCUT2D eigenvalue weighted by Gasteiger charge is 2.13. The third-order valence-corrected chi connectivity index (χ3v) is 3.46. The van der Waals surface area contributed by atoms with Crippen molar-refractivity contribution in [2.45, 2.75) is 26.4 Å². The molecule has 0 aliphatic heterocycles. The van der Waals surface area contributed by atoms with Gasteiger partial charge in [-0.15, -0.1) is 24.0 Å². The van der Waals surface area contributed by atoms with Crippen LogP contribution in [0.1, 0.15) is 31.3 Å². The van der Waals surface area contributed by atoms with Crippen LogP contribution in [0.5, 0.6) is 0 Å². The quantitative estimate of drug-likeness (QED) is 0.358. The van der Waals surface area contributed by atoms with Crippen LogP contribution in [0.3, 0.4) is 0 Å². The number of para-hydroxylation sites is 1. The predicted octanol–water partition coefficient (Wildman–Crippen LogP) is 3.86. The van der Waals surface area contributed by atoms with Crippen molar-refractivity contribution in [3.05, 3.63) is 54.1 Å². The Bertz CT molecular complexity index is 750. The molecular weight excluding hydrogens is 419 g/mol. The lowest BCUT2D eigenvalue weighted by atomic mass is 10.2. The zero-order chi connectivity index (χ0) is 16.1. The van der Waals surface area contributed by atoms with Crippen LogP contribution in [0.2, 0.25) is 0 Å². The van der Waals surface area contributed by atoms with Crippen molar-refractivity contribution in [1.82, 2.24) is 15.8 Å². The van der Waals surface area contributed by atoms with Gasteiger partial charge in [0.2, 0.25) is 0 Å². The molecule has 2 heterocycles. The molecule has 6 nitrogen and oxygen atoms in total. The molecule has 0 radical (unpaired) electrons. The van der Waals surface area contributed by atoms with Crippen LogP contribution in [0.4, 0.5) is 0 Å². The molecule has 3 aromatic rings. The fourth-order valence-corrected chi connectivity index (χ4v) is 2.29. The molecule has 24 heavy (non-hydrogen) atoms. The van der Waals surface area contributed by atoms with E-state index in [4.69, 9.17) is 8.94 Å². The normalized spacial score (nSPS) is 12.7. The summed E-state index contributed by atoms with van der Waals surface area (Å²) < 4.78 is 10.7. The summed E-state index contributed by atoms with van der Waals surface area (Å²) in [6.07, 6.45) is 1.54. The van der Waals surface area contributed by atoms with Gasteiger partial charge in [0, 0.05) is 18.0 Å². The molecule has 7 heteroatoms. The Hall–Kier alpha value is -2.03. The number of rotatable bonds is 5. The van der Waals surface area contributed by atoms with Gasteiger partial charge in [0.15, 0.2) is 5.96 Å². The summed E-state index contributed by atoms with van der Waals surface area (Å²) in [5.74, 6) is 1.58. The largest absolute Gasteiger partial charge is 0.459 e. The minimum Gasteiger partial charge on any atom is -0.459 e. The zero-order valence-electron chi connectivity index (χ0n) is 13.7. The molecule has 0 saturated carbocycles. The lowest BCUT2D eigenvalue weighted by Crippen LogP contribution is -2.38. The van der Waals surface area contributed by atoms with Crippen molar-refractivity contribution in [2.24, 2.45) is 4.99 Å². The number of aromatic nitrogens is 1. The number of nitrogens with one attached hydrogen (secondary N) is 2. The van der Waals surface area contributed by atoms with Gasteiger partial charge in [-0.25, -0.2) is 4.99 Å². The van der Waals surface area contributed by atoms with Crippen LogP contribution in [0.15, 0.2) is 56.6 Å². The van der Waals surface area contributed by atoms with E-state index in [1.807, 2.05) is 44.2 Å². The Balaban J connectivity index is 0.00000208. The molecule has 3 rings (SSSR count). The molecule has 0 saturated heterocycles. The van der Waals surface area contributed by atoms with E-state index in [0.717, 1.165) is 29.0 Å². The lowest BCUT2D eigenvalue weighted by molar-refractivity contribution is 0.412. The fourth-order valence-electron chi connectivity index (χ4n) is 2.29. The standard InChI is InChI=1S/C17H20N4O2.HI/c1-3-18-17(19-11-14-8-9-22-21-14)20-12(2)16-10-13-6-4-5-7-15(13)23-16;/h4-10,12H,3,11H2,1-2H3,(H2,18,19,20);1H. The molecule has 0 fully saturated rings. The van der Waals surface area contributed by atoms with Gasteiger partial charge in [0.1, 0.15) is 23.3 Å². The molecule has 0 spiro atoms. The van der Waals surface area contributed by atoms with Gasteiger partial charge in [-0.3, -0.25) is 0 Å². The average Bonchev–Trinajstić information content (AvgIpc) is 3.21. The highest BCUT2D eigenvalue weighted by atomic mass is 127. The molecule has 0 aliphatic rings. The first-order chi connectivity index (χ1) is 11.3. The Morgan fingerprint density at radius 2 is 2.12 bits per heavy atom. The van der Waals surface area contributed by atoms with Gasteiger partial charge in [0.05, 0.1) is 12.6 Å². The second-order valence-electron chi connectivity index (χ2n) is 5.24. The monoisotopic (exact) mass is 440 g/mol. The molecule has 1 atom stereocenters. The van der Waals surface area contributed by atoms with Gasteiger partial charge in [-0.1, -0.05) is 23.4 Å². The van der Waals surface area contributed by atoms with Crippen LogP contribution in [-0.4, -0.2) is 17.7 Å². The molecule has 1 unspecified atom stereocenters. The summed E-state index contributed by atoms with van der Waals surface area (Å²) in [7, 11) is 0. The van der Waals surface area contributed by atoms with Crippen LogP contribution in [-0.2, 0) is 6.54 Å². The summed E-state index contributed by atoms with van der Waals surface area (Å²) in [6.45, 7) is 5.30. The van der Waals surface area contributed by atoms with Gasteiger partial charge < -0.3 is 19.6 Å². The van der Waals surface area contributed by atoms with Gasteiger partial charge in [-0.2, -0.15) is 0 Å². The maximum atomic E-state index is 5.89. The number of aliphatic imine (C=N–C) groups is 1. The first kappa shape index (κ1) is 18.3. The zero-order valence-corrected chi connectivity index (χ0v) is 16.0. The van der Waals surface area contributed by atoms with E-state index in [1.54, 1.807) is 12.3 Å². The number of nitrogens with zero attached hydrogens (tertiary/aromatic N) is 2. The number of halogens is 1. The average molecular weight is 440 g/mol. The molecule has 2 N–H and O–H groups in total. The summed E-state index contributed by atoms with van der Waals surface area (Å²) in [5.41, 5.74) is 1.68. The van der Waals surface area contributed by atoms with Crippen LogP contribution in [0, 0.1) is 0 Å². The third-order valence-electron chi connectivity index (χ3n) is 3.46. The SMILES string of the molecule is CCNC(=NCc1ccon1)NC(C)c1cc2ccccc2o1.I. The summed E-state index contributed by atoms with van der Waals surface area (Å²) in [5, 5.41) is 11.5. The molecular formula is C17H21IN4O2. The van der Waals surface area contributed by atoms with Crippen LogP contribution >= 0.6 is 24.0 Å². The maximum Gasteiger partial charge on any atom is 0.192 e. The molecule has 0 aliphatic carbocycles. The van der Waals surface area contributed by atoms with Crippen LogP contribution < -0.4 is 10.6 Å². The fraction of sp³-hybridized carbons (Fsp3) is 0.294. The molecule has 2 aromatic heterocycles. The summed E-state index contributed by atoms with van der Waals surface area (Å²) >= 11 is 0. The van der Waals surface area contributed by atoms with Crippen molar-refractivity contribution in [3.63, 3.8) is 0 Å². The van der Waals surface area contributed by atoms with Crippen molar-refractivity contribution in [3.8, 4) is 0 Å². The summed E-state index contributed by atoms with van der Waals surface area (Å²) in [4.78, 5) is 4.51. The minimum atomic E-state index is -0.00231. The number of furan rings is 1. The smallest absolute Gasteiger partial charge is 0.192 e. The van der Waals surface area contributed by atoms with Gasteiger partial charge in [0.25, 0.3) is 0 Å². The van der Waals surface area contributed by atoms with Crippen molar-refractivity contribution in [2.75, 3.05) is 6.54 Å².